The average molecular weight is 222 g/mol. The Morgan fingerprint density at radius 1 is 1.50 bits per heavy atom. The van der Waals surface area contributed by atoms with Crippen LogP contribution < -0.4 is 0 Å². The van der Waals surface area contributed by atoms with Gasteiger partial charge in [0.05, 0.1) is 12.2 Å². The van der Waals surface area contributed by atoms with Gasteiger partial charge in [-0.2, -0.15) is 0 Å². The van der Waals surface area contributed by atoms with Gasteiger partial charge in [0.2, 0.25) is 6.41 Å². The van der Waals surface area contributed by atoms with Crippen LogP contribution in [-0.2, 0) is 9.59 Å². The Kier molecular flexibility index (Phi) is 4.28. The summed E-state index contributed by atoms with van der Waals surface area (Å²) in [6.45, 7) is 9.24. The number of piperazine rings is 1. The van der Waals surface area contributed by atoms with Gasteiger partial charge in [-0.3, -0.25) is 9.59 Å². The Labute approximate surface area is 96.2 Å². The predicted molar refractivity (Wildman–Crippen MR) is 62.5 cm³/mol. The van der Waals surface area contributed by atoms with Gasteiger partial charge in [0.25, 0.3) is 0 Å². The number of nitrogens with zero attached hydrogens (tertiary/aromatic N) is 2. The van der Waals surface area contributed by atoms with Crippen LogP contribution in [0.1, 0.15) is 20.3 Å². The van der Waals surface area contributed by atoms with E-state index in [1.165, 1.54) is 0 Å². The highest BCUT2D eigenvalue weighted by atomic mass is 16.1. The van der Waals surface area contributed by atoms with Crippen molar-refractivity contribution in [3.8, 4) is 0 Å². The molecule has 1 aliphatic rings. The maximum Gasteiger partial charge on any atom is 0.210 e. The summed E-state index contributed by atoms with van der Waals surface area (Å²) in [7, 11) is 0. The molecule has 16 heavy (non-hydrogen) atoms. The molecule has 0 radical (unpaired) electrons. The van der Waals surface area contributed by atoms with E-state index >= 15 is 0 Å². The zero-order valence-corrected chi connectivity index (χ0v) is 9.90. The van der Waals surface area contributed by atoms with E-state index < -0.39 is 0 Å². The fourth-order valence-electron chi connectivity index (χ4n) is 1.80. The molecule has 0 bridgehead atoms. The molecular formula is C12H18N2O2. The number of hydrogen-bond acceptors (Lipinski definition) is 3. The summed E-state index contributed by atoms with van der Waals surface area (Å²) >= 11 is 0. The number of Topliss-reactive ketones (excluding diaryl/α,β-unsaturated/α-hetero) is 1. The first kappa shape index (κ1) is 12.5. The van der Waals surface area contributed by atoms with E-state index in [-0.39, 0.29) is 5.78 Å². The van der Waals surface area contributed by atoms with Gasteiger partial charge in [0.1, 0.15) is 0 Å². The third kappa shape index (κ3) is 2.72. The van der Waals surface area contributed by atoms with Gasteiger partial charge in [-0.15, -0.1) is 0 Å². The molecule has 0 spiro atoms. The minimum Gasteiger partial charge on any atom is -0.340 e. The quantitative estimate of drug-likeness (QED) is 0.529. The standard InChI is InChI=1S/C12H18N2O2/c1-4-5-12(11(3)16)14-7-6-13(9-15)8-10(14)2/h5,9H,2,4,6-8H2,1,3H3/b12-5-. The van der Waals surface area contributed by atoms with E-state index in [4.69, 9.17) is 0 Å². The first-order chi connectivity index (χ1) is 7.60. The number of allylic oxidation sites excluding steroid dienone is 2. The SMILES string of the molecule is C=C1CN(C=O)CCN1/C(=C\CC)C(C)=O. The van der Waals surface area contributed by atoms with Crippen LogP contribution in [0, 0.1) is 0 Å². The topological polar surface area (TPSA) is 40.6 Å². The average Bonchev–Trinajstić information content (AvgIpc) is 2.26. The lowest BCUT2D eigenvalue weighted by Crippen LogP contribution is -2.44. The first-order valence-electron chi connectivity index (χ1n) is 5.46. The predicted octanol–water partition coefficient (Wildman–Crippen LogP) is 1.16. The Bertz CT molecular complexity index is 334. The van der Waals surface area contributed by atoms with E-state index in [2.05, 4.69) is 6.58 Å². The fraction of sp³-hybridized carbons (Fsp3) is 0.500. The minimum atomic E-state index is 0.0440. The van der Waals surface area contributed by atoms with E-state index in [0.29, 0.717) is 25.3 Å². The number of amides is 1. The van der Waals surface area contributed by atoms with Crippen molar-refractivity contribution in [1.29, 1.82) is 0 Å². The molecule has 0 aliphatic carbocycles. The van der Waals surface area contributed by atoms with Gasteiger partial charge < -0.3 is 9.80 Å². The molecule has 0 aromatic heterocycles. The summed E-state index contributed by atoms with van der Waals surface area (Å²) < 4.78 is 0. The number of carbonyl (C=O) groups excluding carboxylic acids is 2. The Hall–Kier alpha value is -1.58. The lowest BCUT2D eigenvalue weighted by molar-refractivity contribution is -0.118. The van der Waals surface area contributed by atoms with Crippen molar-refractivity contribution in [2.75, 3.05) is 19.6 Å². The van der Waals surface area contributed by atoms with E-state index in [1.807, 2.05) is 17.9 Å². The van der Waals surface area contributed by atoms with Gasteiger partial charge in [-0.25, -0.2) is 0 Å². The second-order valence-corrected chi connectivity index (χ2v) is 3.85. The minimum absolute atomic E-state index is 0.0440. The molecular weight excluding hydrogens is 204 g/mol. The zero-order chi connectivity index (χ0) is 12.1. The summed E-state index contributed by atoms with van der Waals surface area (Å²) in [6.07, 6.45) is 3.54. The molecule has 4 heteroatoms. The second-order valence-electron chi connectivity index (χ2n) is 3.85. The zero-order valence-electron chi connectivity index (χ0n) is 9.90. The summed E-state index contributed by atoms with van der Waals surface area (Å²) in [5.41, 5.74) is 1.49. The van der Waals surface area contributed by atoms with Crippen molar-refractivity contribution in [3.63, 3.8) is 0 Å². The van der Waals surface area contributed by atoms with Crippen molar-refractivity contribution in [2.45, 2.75) is 20.3 Å². The Morgan fingerprint density at radius 3 is 2.62 bits per heavy atom. The van der Waals surface area contributed by atoms with Gasteiger partial charge in [0.15, 0.2) is 5.78 Å². The molecule has 4 nitrogen and oxygen atoms in total. The molecule has 1 amide bonds. The maximum atomic E-state index is 11.5. The highest BCUT2D eigenvalue weighted by molar-refractivity contribution is 5.93. The maximum absolute atomic E-state index is 11.5. The molecule has 1 heterocycles. The molecule has 0 aromatic rings. The third-order valence-corrected chi connectivity index (χ3v) is 2.58. The molecule has 0 aromatic carbocycles. The molecule has 0 unspecified atom stereocenters. The number of ketones is 1. The van der Waals surface area contributed by atoms with Crippen molar-refractivity contribution >= 4 is 12.2 Å². The van der Waals surface area contributed by atoms with Crippen LogP contribution in [0.3, 0.4) is 0 Å². The van der Waals surface area contributed by atoms with Crippen molar-refractivity contribution < 1.29 is 9.59 Å². The number of rotatable bonds is 4. The van der Waals surface area contributed by atoms with Crippen LogP contribution in [0.2, 0.25) is 0 Å². The Balaban J connectivity index is 2.81. The van der Waals surface area contributed by atoms with Crippen molar-refractivity contribution in [1.82, 2.24) is 9.80 Å². The van der Waals surface area contributed by atoms with E-state index in [9.17, 15) is 9.59 Å². The lowest BCUT2D eigenvalue weighted by Gasteiger charge is -2.36. The summed E-state index contributed by atoms with van der Waals surface area (Å²) in [5.74, 6) is 0.0440. The second kappa shape index (κ2) is 5.49. The van der Waals surface area contributed by atoms with Crippen molar-refractivity contribution in [2.24, 2.45) is 0 Å². The van der Waals surface area contributed by atoms with Gasteiger partial charge >= 0.3 is 0 Å². The fourth-order valence-corrected chi connectivity index (χ4v) is 1.80. The largest absolute Gasteiger partial charge is 0.340 e. The molecule has 1 rings (SSSR count). The molecule has 0 N–H and O–H groups in total. The normalized spacial score (nSPS) is 17.6. The Morgan fingerprint density at radius 2 is 2.19 bits per heavy atom. The van der Waals surface area contributed by atoms with Crippen LogP contribution in [-0.4, -0.2) is 41.6 Å². The monoisotopic (exact) mass is 222 g/mol. The van der Waals surface area contributed by atoms with Crippen LogP contribution in [0.4, 0.5) is 0 Å². The highest BCUT2D eigenvalue weighted by Crippen LogP contribution is 2.18. The van der Waals surface area contributed by atoms with Crippen LogP contribution >= 0.6 is 0 Å². The molecule has 0 atom stereocenters. The lowest BCUT2D eigenvalue weighted by atomic mass is 10.2. The third-order valence-electron chi connectivity index (χ3n) is 2.58. The summed E-state index contributed by atoms with van der Waals surface area (Å²) in [6, 6.07) is 0. The van der Waals surface area contributed by atoms with Gasteiger partial charge in [-0.1, -0.05) is 19.6 Å². The van der Waals surface area contributed by atoms with Crippen LogP contribution in [0.15, 0.2) is 24.0 Å². The smallest absolute Gasteiger partial charge is 0.210 e. The van der Waals surface area contributed by atoms with Gasteiger partial charge in [-0.05, 0) is 6.42 Å². The molecule has 1 saturated heterocycles. The van der Waals surface area contributed by atoms with E-state index in [0.717, 1.165) is 18.5 Å². The first-order valence-corrected chi connectivity index (χ1v) is 5.46. The van der Waals surface area contributed by atoms with Crippen LogP contribution in [0.25, 0.3) is 0 Å². The molecule has 88 valence electrons. The highest BCUT2D eigenvalue weighted by Gasteiger charge is 2.22. The van der Waals surface area contributed by atoms with Crippen molar-refractivity contribution in [3.05, 3.63) is 24.0 Å². The number of carbonyl (C=O) groups is 2. The van der Waals surface area contributed by atoms with Crippen LogP contribution in [0.5, 0.6) is 0 Å². The van der Waals surface area contributed by atoms with E-state index in [1.54, 1.807) is 11.8 Å². The molecule has 0 saturated carbocycles. The number of hydrogen-bond donors (Lipinski definition) is 0. The molecule has 1 fully saturated rings. The summed E-state index contributed by atoms with van der Waals surface area (Å²) in [4.78, 5) is 25.7. The summed E-state index contributed by atoms with van der Waals surface area (Å²) in [5, 5.41) is 0. The van der Waals surface area contributed by atoms with Gasteiger partial charge in [0, 0.05) is 25.7 Å². The molecule has 1 aliphatic heterocycles.